The fourth-order valence-corrected chi connectivity index (χ4v) is 1.83. The van der Waals surface area contributed by atoms with Gasteiger partial charge in [-0.1, -0.05) is 18.2 Å². The molecule has 0 unspecified atom stereocenters. The molecule has 3 heteroatoms. The van der Waals surface area contributed by atoms with Gasteiger partial charge in [-0.2, -0.15) is 0 Å². The van der Waals surface area contributed by atoms with Crippen LogP contribution in [-0.4, -0.2) is 10.2 Å². The number of rotatable bonds is 2. The van der Waals surface area contributed by atoms with Crippen LogP contribution in [0.5, 0.6) is 11.5 Å². The van der Waals surface area contributed by atoms with Gasteiger partial charge in [0, 0.05) is 4.88 Å². The summed E-state index contributed by atoms with van der Waals surface area (Å²) in [7, 11) is 0. The van der Waals surface area contributed by atoms with Crippen LogP contribution in [0, 0.1) is 0 Å². The Hall–Kier alpha value is -1.74. The largest absolute Gasteiger partial charge is 0.504 e. The lowest BCUT2D eigenvalue weighted by Gasteiger charge is -1.97. The molecule has 0 aliphatic rings. The summed E-state index contributed by atoms with van der Waals surface area (Å²) in [5, 5.41) is 20.4. The molecule has 1 aromatic heterocycles. The van der Waals surface area contributed by atoms with Gasteiger partial charge in [0.25, 0.3) is 0 Å². The molecular weight excluding hydrogens is 208 g/mol. The summed E-state index contributed by atoms with van der Waals surface area (Å²) in [4.78, 5) is 1.16. The Morgan fingerprint density at radius 1 is 1.00 bits per heavy atom. The van der Waals surface area contributed by atoms with Crippen molar-refractivity contribution in [2.45, 2.75) is 0 Å². The van der Waals surface area contributed by atoms with Gasteiger partial charge >= 0.3 is 0 Å². The molecule has 0 bridgehead atoms. The van der Waals surface area contributed by atoms with E-state index in [2.05, 4.69) is 0 Å². The van der Waals surface area contributed by atoms with Crippen molar-refractivity contribution in [1.82, 2.24) is 0 Å². The van der Waals surface area contributed by atoms with Gasteiger partial charge in [-0.25, -0.2) is 0 Å². The molecule has 0 saturated heterocycles. The predicted octanol–water partition coefficient (Wildman–Crippen LogP) is 3.33. The van der Waals surface area contributed by atoms with E-state index >= 15 is 0 Å². The fraction of sp³-hybridized carbons (Fsp3) is 0. The van der Waals surface area contributed by atoms with Gasteiger partial charge in [-0.05, 0) is 35.2 Å². The molecule has 0 atom stereocenters. The highest BCUT2D eigenvalue weighted by atomic mass is 32.1. The van der Waals surface area contributed by atoms with Crippen LogP contribution in [0.3, 0.4) is 0 Å². The molecule has 1 aromatic carbocycles. The van der Waals surface area contributed by atoms with E-state index in [-0.39, 0.29) is 11.5 Å². The lowest BCUT2D eigenvalue weighted by molar-refractivity contribution is 0.403. The molecule has 0 spiro atoms. The molecule has 2 rings (SSSR count). The maximum Gasteiger partial charge on any atom is 0.157 e. The second-order valence-corrected chi connectivity index (χ2v) is 4.08. The molecule has 0 aliphatic heterocycles. The number of aromatic hydroxyl groups is 2. The van der Waals surface area contributed by atoms with E-state index < -0.39 is 0 Å². The van der Waals surface area contributed by atoms with Crippen molar-refractivity contribution in [2.75, 3.05) is 0 Å². The molecule has 2 aromatic rings. The summed E-state index contributed by atoms with van der Waals surface area (Å²) in [5.74, 6) is -0.188. The molecule has 1 heterocycles. The fourth-order valence-electron chi connectivity index (χ4n) is 1.21. The Bertz CT molecular complexity index is 472. The topological polar surface area (TPSA) is 40.5 Å². The molecule has 0 fully saturated rings. The normalized spacial score (nSPS) is 10.9. The molecule has 76 valence electrons. The summed E-state index contributed by atoms with van der Waals surface area (Å²) in [6.45, 7) is 0. The summed E-state index contributed by atoms with van der Waals surface area (Å²) in [5.41, 5.74) is 0.860. The van der Waals surface area contributed by atoms with Crippen molar-refractivity contribution < 1.29 is 10.2 Å². The van der Waals surface area contributed by atoms with Crippen LogP contribution >= 0.6 is 11.3 Å². The lowest BCUT2D eigenvalue weighted by atomic mass is 10.2. The van der Waals surface area contributed by atoms with Crippen LogP contribution in [0.15, 0.2) is 35.7 Å². The first-order chi connectivity index (χ1) is 7.25. The number of phenols is 2. The van der Waals surface area contributed by atoms with Crippen molar-refractivity contribution in [3.05, 3.63) is 46.2 Å². The van der Waals surface area contributed by atoms with E-state index in [0.717, 1.165) is 10.4 Å². The van der Waals surface area contributed by atoms with Crippen molar-refractivity contribution >= 4 is 23.5 Å². The highest BCUT2D eigenvalue weighted by Gasteiger charge is 1.97. The highest BCUT2D eigenvalue weighted by molar-refractivity contribution is 7.10. The lowest BCUT2D eigenvalue weighted by Crippen LogP contribution is -1.72. The average molecular weight is 218 g/mol. The second kappa shape index (κ2) is 4.19. The number of benzene rings is 1. The Labute approximate surface area is 91.8 Å². The predicted molar refractivity (Wildman–Crippen MR) is 63.0 cm³/mol. The van der Waals surface area contributed by atoms with E-state index in [4.69, 9.17) is 5.11 Å². The van der Waals surface area contributed by atoms with Gasteiger partial charge < -0.3 is 10.2 Å². The Morgan fingerprint density at radius 2 is 1.87 bits per heavy atom. The molecule has 2 N–H and O–H groups in total. The van der Waals surface area contributed by atoms with Crippen molar-refractivity contribution in [3.8, 4) is 11.5 Å². The van der Waals surface area contributed by atoms with Crippen molar-refractivity contribution in [2.24, 2.45) is 0 Å². The SMILES string of the molecule is Oc1ccc(/C=C/c2cccs2)cc1O. The van der Waals surface area contributed by atoms with Gasteiger partial charge in [0.2, 0.25) is 0 Å². The number of hydrogen-bond acceptors (Lipinski definition) is 3. The van der Waals surface area contributed by atoms with Crippen LogP contribution in [0.1, 0.15) is 10.4 Å². The third-order valence-corrected chi connectivity index (χ3v) is 2.82. The standard InChI is InChI=1S/C12H10O2S/c13-11-6-4-9(8-12(11)14)3-5-10-2-1-7-15-10/h1-8,13-14H/b5-3+. The number of phenolic OH excluding ortho intramolecular Hbond substituents is 2. The number of hydrogen-bond donors (Lipinski definition) is 2. The minimum absolute atomic E-state index is 0.0941. The minimum atomic E-state index is -0.0942. The monoisotopic (exact) mass is 218 g/mol. The van der Waals surface area contributed by atoms with Gasteiger partial charge in [0.05, 0.1) is 0 Å². The van der Waals surface area contributed by atoms with Crippen LogP contribution in [-0.2, 0) is 0 Å². The van der Waals surface area contributed by atoms with Gasteiger partial charge in [-0.3, -0.25) is 0 Å². The van der Waals surface area contributed by atoms with Crippen LogP contribution < -0.4 is 0 Å². The molecule has 0 radical (unpaired) electrons. The van der Waals surface area contributed by atoms with Gasteiger partial charge in [0.1, 0.15) is 0 Å². The maximum absolute atomic E-state index is 9.28. The Kier molecular flexibility index (Phi) is 2.74. The zero-order valence-corrected chi connectivity index (χ0v) is 8.74. The summed E-state index contributed by atoms with van der Waals surface area (Å²) in [6, 6.07) is 8.75. The van der Waals surface area contributed by atoms with Crippen LogP contribution in [0.2, 0.25) is 0 Å². The second-order valence-electron chi connectivity index (χ2n) is 3.10. The van der Waals surface area contributed by atoms with E-state index in [0.29, 0.717) is 0 Å². The zero-order chi connectivity index (χ0) is 10.7. The molecule has 15 heavy (non-hydrogen) atoms. The minimum Gasteiger partial charge on any atom is -0.504 e. The van der Waals surface area contributed by atoms with E-state index in [9.17, 15) is 5.11 Å². The van der Waals surface area contributed by atoms with Crippen LogP contribution in [0.4, 0.5) is 0 Å². The molecule has 0 aliphatic carbocycles. The summed E-state index contributed by atoms with van der Waals surface area (Å²) in [6.07, 6.45) is 3.86. The number of thiophene rings is 1. The Morgan fingerprint density at radius 3 is 2.53 bits per heavy atom. The van der Waals surface area contributed by atoms with E-state index in [1.54, 1.807) is 17.4 Å². The maximum atomic E-state index is 9.28. The molecule has 0 saturated carbocycles. The van der Waals surface area contributed by atoms with E-state index in [1.165, 1.54) is 12.1 Å². The quantitative estimate of drug-likeness (QED) is 0.759. The first-order valence-corrected chi connectivity index (χ1v) is 5.37. The smallest absolute Gasteiger partial charge is 0.157 e. The van der Waals surface area contributed by atoms with Crippen LogP contribution in [0.25, 0.3) is 12.2 Å². The Balaban J connectivity index is 2.21. The van der Waals surface area contributed by atoms with Crippen molar-refractivity contribution in [3.63, 3.8) is 0 Å². The molecular formula is C12H10O2S. The first kappa shape index (κ1) is 9.80. The third kappa shape index (κ3) is 2.39. The van der Waals surface area contributed by atoms with E-state index in [1.807, 2.05) is 29.7 Å². The average Bonchev–Trinajstić information content (AvgIpc) is 2.73. The molecule has 2 nitrogen and oxygen atoms in total. The zero-order valence-electron chi connectivity index (χ0n) is 7.92. The van der Waals surface area contributed by atoms with Gasteiger partial charge in [0.15, 0.2) is 11.5 Å². The summed E-state index contributed by atoms with van der Waals surface area (Å²) < 4.78 is 0. The third-order valence-electron chi connectivity index (χ3n) is 1.98. The van der Waals surface area contributed by atoms with Gasteiger partial charge in [-0.15, -0.1) is 11.3 Å². The first-order valence-electron chi connectivity index (χ1n) is 4.49. The molecule has 0 amide bonds. The highest BCUT2D eigenvalue weighted by Crippen LogP contribution is 2.25. The van der Waals surface area contributed by atoms with Crippen molar-refractivity contribution in [1.29, 1.82) is 0 Å². The summed E-state index contributed by atoms with van der Waals surface area (Å²) >= 11 is 1.65.